The number of nitrogens with zero attached hydrogens (tertiary/aromatic N) is 1. The van der Waals surface area contributed by atoms with Gasteiger partial charge in [0.05, 0.1) is 11.7 Å². The molecule has 0 fully saturated rings. The number of nitrogens with one attached hydrogen (secondary N) is 1. The van der Waals surface area contributed by atoms with Crippen molar-refractivity contribution in [3.8, 4) is 0 Å². The van der Waals surface area contributed by atoms with Crippen LogP contribution in [0.1, 0.15) is 35.9 Å². The second kappa shape index (κ2) is 7.63. The molecule has 1 heterocycles. The Morgan fingerprint density at radius 3 is 3.00 bits per heavy atom. The highest BCUT2D eigenvalue weighted by atomic mass is 35.5. The van der Waals surface area contributed by atoms with Crippen LogP contribution in [0.3, 0.4) is 0 Å². The Labute approximate surface area is 105 Å². The van der Waals surface area contributed by atoms with Crippen LogP contribution >= 0.6 is 22.9 Å². The number of carbonyl (C=O) groups excluding carboxylic acids is 1. The largest absolute Gasteiger partial charge is 0.351 e. The molecule has 0 aliphatic heterocycles. The Balaban J connectivity index is 2.34. The van der Waals surface area contributed by atoms with Crippen molar-refractivity contribution in [2.24, 2.45) is 5.92 Å². The van der Waals surface area contributed by atoms with Crippen molar-refractivity contribution in [1.82, 2.24) is 10.3 Å². The molecule has 0 bridgehead atoms. The smallest absolute Gasteiger partial charge is 0.263 e. The molecule has 0 aromatic carbocycles. The number of hydrogen-bond donors (Lipinski definition) is 1. The highest BCUT2D eigenvalue weighted by molar-refractivity contribution is 7.11. The minimum absolute atomic E-state index is 0.0295. The van der Waals surface area contributed by atoms with Crippen molar-refractivity contribution >= 4 is 28.8 Å². The van der Waals surface area contributed by atoms with E-state index in [4.69, 9.17) is 11.6 Å². The van der Waals surface area contributed by atoms with Crippen LogP contribution in [0.5, 0.6) is 0 Å². The normalized spacial score (nSPS) is 12.4. The SMILES string of the molecule is CCCC(CCCl)CNC(=O)c1cncs1. The van der Waals surface area contributed by atoms with Gasteiger partial charge in [-0.05, 0) is 18.8 Å². The van der Waals surface area contributed by atoms with E-state index in [2.05, 4.69) is 17.2 Å². The highest BCUT2D eigenvalue weighted by Gasteiger charge is 2.11. The fourth-order valence-electron chi connectivity index (χ4n) is 1.56. The van der Waals surface area contributed by atoms with Crippen molar-refractivity contribution in [1.29, 1.82) is 0 Å². The molecule has 1 N–H and O–H groups in total. The van der Waals surface area contributed by atoms with Crippen LogP contribution < -0.4 is 5.32 Å². The van der Waals surface area contributed by atoms with Crippen LogP contribution in [0, 0.1) is 5.92 Å². The summed E-state index contributed by atoms with van der Waals surface area (Å²) in [5.74, 6) is 1.11. The van der Waals surface area contributed by atoms with Crippen LogP contribution in [-0.4, -0.2) is 23.3 Å². The Hall–Kier alpha value is -0.610. The standard InChI is InChI=1S/C11H17ClN2OS/c1-2-3-9(4-5-12)6-14-11(15)10-7-13-8-16-10/h7-9H,2-6H2,1H3,(H,14,15). The molecule has 0 aliphatic rings. The first-order chi connectivity index (χ1) is 7.77. The van der Waals surface area contributed by atoms with Gasteiger partial charge in [-0.25, -0.2) is 0 Å². The van der Waals surface area contributed by atoms with Crippen molar-refractivity contribution in [3.63, 3.8) is 0 Å². The minimum Gasteiger partial charge on any atom is -0.351 e. The van der Waals surface area contributed by atoms with Gasteiger partial charge in [0.15, 0.2) is 0 Å². The molecule has 1 aromatic heterocycles. The molecule has 3 nitrogen and oxygen atoms in total. The monoisotopic (exact) mass is 260 g/mol. The quantitative estimate of drug-likeness (QED) is 0.766. The summed E-state index contributed by atoms with van der Waals surface area (Å²) in [6.45, 7) is 2.85. The second-order valence-electron chi connectivity index (χ2n) is 3.71. The summed E-state index contributed by atoms with van der Waals surface area (Å²) in [4.78, 5) is 16.2. The molecule has 0 saturated heterocycles. The topological polar surface area (TPSA) is 42.0 Å². The lowest BCUT2D eigenvalue weighted by atomic mass is 10.0. The van der Waals surface area contributed by atoms with E-state index in [1.54, 1.807) is 11.7 Å². The minimum atomic E-state index is -0.0295. The van der Waals surface area contributed by atoms with Gasteiger partial charge in [-0.15, -0.1) is 22.9 Å². The molecular weight excluding hydrogens is 244 g/mol. The second-order valence-corrected chi connectivity index (χ2v) is 4.97. The molecule has 16 heavy (non-hydrogen) atoms. The third kappa shape index (κ3) is 4.49. The van der Waals surface area contributed by atoms with Crippen molar-refractivity contribution in [2.45, 2.75) is 26.2 Å². The zero-order chi connectivity index (χ0) is 11.8. The van der Waals surface area contributed by atoms with E-state index in [0.29, 0.717) is 23.2 Å². The van der Waals surface area contributed by atoms with Gasteiger partial charge in [0, 0.05) is 12.4 Å². The van der Waals surface area contributed by atoms with Crippen molar-refractivity contribution in [3.05, 3.63) is 16.6 Å². The number of amides is 1. The molecule has 0 saturated carbocycles. The molecule has 1 aromatic rings. The van der Waals surface area contributed by atoms with Gasteiger partial charge in [0.2, 0.25) is 0 Å². The molecule has 1 unspecified atom stereocenters. The van der Waals surface area contributed by atoms with Gasteiger partial charge >= 0.3 is 0 Å². The maximum atomic E-state index is 11.6. The van der Waals surface area contributed by atoms with Gasteiger partial charge in [0.25, 0.3) is 5.91 Å². The number of halogens is 1. The van der Waals surface area contributed by atoms with E-state index >= 15 is 0 Å². The summed E-state index contributed by atoms with van der Waals surface area (Å²) < 4.78 is 0. The van der Waals surface area contributed by atoms with E-state index in [0.717, 1.165) is 19.3 Å². The van der Waals surface area contributed by atoms with E-state index in [9.17, 15) is 4.79 Å². The average Bonchev–Trinajstić information content (AvgIpc) is 2.79. The number of rotatable bonds is 7. The zero-order valence-electron chi connectivity index (χ0n) is 9.41. The number of alkyl halides is 1. The van der Waals surface area contributed by atoms with Crippen LogP contribution in [0.2, 0.25) is 0 Å². The molecule has 90 valence electrons. The summed E-state index contributed by atoms with van der Waals surface area (Å²) in [6.07, 6.45) is 4.78. The fraction of sp³-hybridized carbons (Fsp3) is 0.636. The van der Waals surface area contributed by atoms with Crippen LogP contribution in [0.4, 0.5) is 0 Å². The lowest BCUT2D eigenvalue weighted by Gasteiger charge is -2.14. The Kier molecular flexibility index (Phi) is 6.42. The number of hydrogen-bond acceptors (Lipinski definition) is 3. The summed E-state index contributed by atoms with van der Waals surface area (Å²) >= 11 is 7.09. The van der Waals surface area contributed by atoms with Crippen LogP contribution in [0.25, 0.3) is 0 Å². The maximum absolute atomic E-state index is 11.6. The molecule has 1 amide bonds. The van der Waals surface area contributed by atoms with E-state index < -0.39 is 0 Å². The maximum Gasteiger partial charge on any atom is 0.263 e. The molecular formula is C11H17ClN2OS. The third-order valence-electron chi connectivity index (χ3n) is 2.42. The van der Waals surface area contributed by atoms with Crippen LogP contribution in [0.15, 0.2) is 11.7 Å². The van der Waals surface area contributed by atoms with E-state index in [1.807, 2.05) is 0 Å². The van der Waals surface area contributed by atoms with Crippen molar-refractivity contribution in [2.75, 3.05) is 12.4 Å². The number of thiazole rings is 1. The van der Waals surface area contributed by atoms with Gasteiger partial charge in [0.1, 0.15) is 4.88 Å². The molecule has 0 spiro atoms. The van der Waals surface area contributed by atoms with E-state index in [1.165, 1.54) is 11.3 Å². The summed E-state index contributed by atoms with van der Waals surface area (Å²) in [7, 11) is 0. The molecule has 5 heteroatoms. The molecule has 1 rings (SSSR count). The van der Waals surface area contributed by atoms with E-state index in [-0.39, 0.29) is 5.91 Å². The predicted molar refractivity (Wildman–Crippen MR) is 68.2 cm³/mol. The average molecular weight is 261 g/mol. The number of aromatic nitrogens is 1. The van der Waals surface area contributed by atoms with Gasteiger partial charge in [-0.1, -0.05) is 13.3 Å². The van der Waals surface area contributed by atoms with Crippen LogP contribution in [-0.2, 0) is 0 Å². The van der Waals surface area contributed by atoms with Crippen molar-refractivity contribution < 1.29 is 4.79 Å². The Bertz CT molecular complexity index is 297. The predicted octanol–water partition coefficient (Wildman–Crippen LogP) is 2.92. The highest BCUT2D eigenvalue weighted by Crippen LogP contribution is 2.12. The summed E-state index contributed by atoms with van der Waals surface area (Å²) in [6, 6.07) is 0. The molecule has 0 aliphatic carbocycles. The lowest BCUT2D eigenvalue weighted by Crippen LogP contribution is -2.29. The molecule has 1 atom stereocenters. The third-order valence-corrected chi connectivity index (χ3v) is 3.41. The summed E-state index contributed by atoms with van der Waals surface area (Å²) in [5, 5.41) is 2.93. The van der Waals surface area contributed by atoms with Gasteiger partial charge in [-0.2, -0.15) is 0 Å². The number of carbonyl (C=O) groups is 1. The Morgan fingerprint density at radius 1 is 1.62 bits per heavy atom. The van der Waals surface area contributed by atoms with Gasteiger partial charge in [-0.3, -0.25) is 9.78 Å². The fourth-order valence-corrected chi connectivity index (χ4v) is 2.41. The van der Waals surface area contributed by atoms with Gasteiger partial charge < -0.3 is 5.32 Å². The first-order valence-electron chi connectivity index (χ1n) is 5.50. The summed E-state index contributed by atoms with van der Waals surface area (Å²) in [5.41, 5.74) is 1.66. The Morgan fingerprint density at radius 2 is 2.44 bits per heavy atom. The lowest BCUT2D eigenvalue weighted by molar-refractivity contribution is 0.0950. The zero-order valence-corrected chi connectivity index (χ0v) is 11.0. The first-order valence-corrected chi connectivity index (χ1v) is 6.92. The molecule has 0 radical (unpaired) electrons. The first kappa shape index (κ1) is 13.5.